The number of para-hydroxylation sites is 1. The monoisotopic (exact) mass is 370 g/mol. The topological polar surface area (TPSA) is 80.5 Å². The lowest BCUT2D eigenvalue weighted by atomic mass is 9.85. The Balaban J connectivity index is 1.73. The first kappa shape index (κ1) is 16.8. The van der Waals surface area contributed by atoms with Crippen molar-refractivity contribution in [3.63, 3.8) is 0 Å². The fourth-order valence-electron chi connectivity index (χ4n) is 4.04. The summed E-state index contributed by atoms with van der Waals surface area (Å²) < 4.78 is 27.3. The molecule has 0 unspecified atom stereocenters. The normalized spacial score (nSPS) is 27.0. The lowest BCUT2D eigenvalue weighted by Crippen LogP contribution is -2.37. The smallest absolute Gasteiger partial charge is 0.273 e. The van der Waals surface area contributed by atoms with Crippen LogP contribution in [0, 0.1) is 15.5 Å². The fourth-order valence-corrected chi connectivity index (χ4v) is 5.62. The SMILES string of the molecule is C[C@@]12CN(S(=O)(=O)c3ccccc3[N+](=O)[O-])C=C[C@]1(c1ccccc1)C2. The van der Waals surface area contributed by atoms with Crippen molar-refractivity contribution in [3.8, 4) is 0 Å². The molecule has 1 fully saturated rings. The van der Waals surface area contributed by atoms with Crippen LogP contribution in [0.3, 0.4) is 0 Å². The highest BCUT2D eigenvalue weighted by Gasteiger charge is 2.66. The Morgan fingerprint density at radius 3 is 2.38 bits per heavy atom. The van der Waals surface area contributed by atoms with E-state index in [1.165, 1.54) is 34.1 Å². The van der Waals surface area contributed by atoms with Gasteiger partial charge in [-0.2, -0.15) is 0 Å². The molecule has 2 aromatic rings. The van der Waals surface area contributed by atoms with E-state index in [1.807, 2.05) is 24.3 Å². The van der Waals surface area contributed by atoms with Gasteiger partial charge in [-0.25, -0.2) is 8.42 Å². The quantitative estimate of drug-likeness (QED) is 0.610. The summed E-state index contributed by atoms with van der Waals surface area (Å²) in [5.41, 5.74) is 0.381. The van der Waals surface area contributed by atoms with Gasteiger partial charge in [0.2, 0.25) is 0 Å². The Kier molecular flexibility index (Phi) is 3.49. The molecule has 1 heterocycles. The van der Waals surface area contributed by atoms with Crippen LogP contribution in [-0.4, -0.2) is 24.2 Å². The molecule has 1 aliphatic carbocycles. The van der Waals surface area contributed by atoms with E-state index in [0.29, 0.717) is 6.54 Å². The maximum atomic E-state index is 13.0. The maximum Gasteiger partial charge on any atom is 0.289 e. The van der Waals surface area contributed by atoms with Crippen molar-refractivity contribution in [1.29, 1.82) is 0 Å². The molecule has 26 heavy (non-hydrogen) atoms. The zero-order chi connectivity index (χ0) is 18.6. The molecule has 2 aliphatic rings. The number of nitrogens with zero attached hydrogens (tertiary/aromatic N) is 2. The number of rotatable bonds is 4. The van der Waals surface area contributed by atoms with Crippen LogP contribution >= 0.6 is 0 Å². The van der Waals surface area contributed by atoms with Gasteiger partial charge in [-0.1, -0.05) is 55.5 Å². The van der Waals surface area contributed by atoms with Crippen molar-refractivity contribution < 1.29 is 13.3 Å². The van der Waals surface area contributed by atoms with Gasteiger partial charge >= 0.3 is 0 Å². The van der Waals surface area contributed by atoms with Crippen LogP contribution in [0.25, 0.3) is 0 Å². The molecule has 0 radical (unpaired) electrons. The standard InChI is InChI=1S/C19H18N2O4S/c1-18-13-19(18,15-7-3-2-4-8-15)11-12-20(14-18)26(24,25)17-10-6-5-9-16(17)21(22)23/h2-12H,13-14H2,1H3/t18-,19-/m1/s1. The van der Waals surface area contributed by atoms with Gasteiger partial charge in [-0.05, 0) is 18.1 Å². The molecule has 4 rings (SSSR count). The van der Waals surface area contributed by atoms with E-state index in [2.05, 4.69) is 19.1 Å². The average Bonchev–Trinajstić information content (AvgIpc) is 3.29. The molecule has 134 valence electrons. The lowest BCUT2D eigenvalue weighted by molar-refractivity contribution is -0.387. The van der Waals surface area contributed by atoms with Crippen LogP contribution in [0.2, 0.25) is 0 Å². The first-order chi connectivity index (χ1) is 12.3. The molecule has 0 saturated heterocycles. The predicted molar refractivity (Wildman–Crippen MR) is 97.0 cm³/mol. The highest BCUT2D eigenvalue weighted by atomic mass is 32.2. The van der Waals surface area contributed by atoms with Gasteiger partial charge in [0.1, 0.15) is 0 Å². The van der Waals surface area contributed by atoms with Crippen LogP contribution in [0.15, 0.2) is 71.8 Å². The van der Waals surface area contributed by atoms with E-state index in [9.17, 15) is 18.5 Å². The number of nitro groups is 1. The molecule has 2 atom stereocenters. The minimum atomic E-state index is -3.99. The number of hydrogen-bond acceptors (Lipinski definition) is 4. The zero-order valence-corrected chi connectivity index (χ0v) is 15.0. The predicted octanol–water partition coefficient (Wildman–Crippen LogP) is 3.46. The third-order valence-corrected chi connectivity index (χ3v) is 7.36. The van der Waals surface area contributed by atoms with Crippen LogP contribution < -0.4 is 0 Å². The Morgan fingerprint density at radius 1 is 1.08 bits per heavy atom. The number of benzene rings is 2. The van der Waals surface area contributed by atoms with E-state index in [-0.39, 0.29) is 15.7 Å². The Labute approximate surface area is 152 Å². The molecule has 0 spiro atoms. The molecule has 7 heteroatoms. The molecular formula is C19H18N2O4S. The molecule has 0 bridgehead atoms. The van der Waals surface area contributed by atoms with Crippen molar-refractivity contribution in [2.45, 2.75) is 23.7 Å². The number of nitro benzene ring substituents is 1. The first-order valence-corrected chi connectivity index (χ1v) is 9.74. The number of hydrogen-bond donors (Lipinski definition) is 0. The molecule has 1 aliphatic heterocycles. The summed E-state index contributed by atoms with van der Waals surface area (Å²) in [6, 6.07) is 15.5. The minimum absolute atomic E-state index is 0.164. The van der Waals surface area contributed by atoms with Crippen LogP contribution in [-0.2, 0) is 15.4 Å². The van der Waals surface area contributed by atoms with E-state index in [1.54, 1.807) is 6.20 Å². The van der Waals surface area contributed by atoms with E-state index in [4.69, 9.17) is 0 Å². The van der Waals surface area contributed by atoms with Crippen molar-refractivity contribution in [3.05, 3.63) is 82.6 Å². The molecular weight excluding hydrogens is 352 g/mol. The summed E-state index contributed by atoms with van der Waals surface area (Å²) in [5, 5.41) is 11.2. The van der Waals surface area contributed by atoms with E-state index in [0.717, 1.165) is 6.42 Å². The molecule has 6 nitrogen and oxygen atoms in total. The van der Waals surface area contributed by atoms with Gasteiger partial charge < -0.3 is 0 Å². The van der Waals surface area contributed by atoms with Crippen molar-refractivity contribution in [2.75, 3.05) is 6.54 Å². The summed E-state index contributed by atoms with van der Waals surface area (Å²) >= 11 is 0. The second kappa shape index (κ2) is 5.41. The fraction of sp³-hybridized carbons (Fsp3) is 0.263. The van der Waals surface area contributed by atoms with Gasteiger partial charge in [-0.15, -0.1) is 0 Å². The second-order valence-corrected chi connectivity index (χ2v) is 9.02. The van der Waals surface area contributed by atoms with Gasteiger partial charge in [-0.3, -0.25) is 14.4 Å². The van der Waals surface area contributed by atoms with Crippen molar-refractivity contribution in [2.24, 2.45) is 5.41 Å². The van der Waals surface area contributed by atoms with E-state index < -0.39 is 20.6 Å². The van der Waals surface area contributed by atoms with Crippen LogP contribution in [0.4, 0.5) is 5.69 Å². The molecule has 0 N–H and O–H groups in total. The highest BCUT2D eigenvalue weighted by Crippen LogP contribution is 2.67. The Hall–Kier alpha value is -2.67. The zero-order valence-electron chi connectivity index (χ0n) is 14.2. The summed E-state index contributed by atoms with van der Waals surface area (Å²) in [5.74, 6) is 0. The first-order valence-electron chi connectivity index (χ1n) is 8.30. The third kappa shape index (κ3) is 2.27. The largest absolute Gasteiger partial charge is 0.289 e. The minimum Gasteiger partial charge on any atom is -0.273 e. The van der Waals surface area contributed by atoms with Gasteiger partial charge in [0.15, 0.2) is 4.90 Å². The average molecular weight is 370 g/mol. The Bertz CT molecular complexity index is 1020. The van der Waals surface area contributed by atoms with Crippen molar-refractivity contribution in [1.82, 2.24) is 4.31 Å². The van der Waals surface area contributed by atoms with Crippen LogP contribution in [0.5, 0.6) is 0 Å². The highest BCUT2D eigenvalue weighted by molar-refractivity contribution is 7.89. The van der Waals surface area contributed by atoms with E-state index >= 15 is 0 Å². The third-order valence-electron chi connectivity index (χ3n) is 5.59. The maximum absolute atomic E-state index is 13.0. The summed E-state index contributed by atoms with van der Waals surface area (Å²) in [4.78, 5) is 10.3. The summed E-state index contributed by atoms with van der Waals surface area (Å²) in [7, 11) is -3.99. The molecule has 2 aromatic carbocycles. The van der Waals surface area contributed by atoms with Crippen LogP contribution in [0.1, 0.15) is 18.9 Å². The number of fused-ring (bicyclic) bond motifs is 1. The molecule has 1 saturated carbocycles. The second-order valence-electron chi connectivity index (χ2n) is 7.17. The van der Waals surface area contributed by atoms with Gasteiger partial charge in [0, 0.05) is 29.6 Å². The number of sulfonamides is 1. The van der Waals surface area contributed by atoms with Gasteiger partial charge in [0.05, 0.1) is 4.92 Å². The Morgan fingerprint density at radius 2 is 1.73 bits per heavy atom. The summed E-state index contributed by atoms with van der Waals surface area (Å²) in [6.07, 6.45) is 4.34. The lowest BCUT2D eigenvalue weighted by Gasteiger charge is -2.32. The summed E-state index contributed by atoms with van der Waals surface area (Å²) in [6.45, 7) is 2.36. The molecule has 0 aromatic heterocycles. The number of allylic oxidation sites excluding steroid dienone is 1. The molecule has 0 amide bonds. The van der Waals surface area contributed by atoms with Gasteiger partial charge in [0.25, 0.3) is 15.7 Å². The van der Waals surface area contributed by atoms with Crippen molar-refractivity contribution >= 4 is 15.7 Å².